The topological polar surface area (TPSA) is 280 Å². The molecule has 2 aliphatic heterocycles. The van der Waals surface area contributed by atoms with Crippen LogP contribution in [-0.2, 0) is 9.47 Å². The number of fused-ring (bicyclic) bond motifs is 1. The number of aliphatic hydroxyl groups excluding tert-OH is 8. The molecule has 0 bridgehead atoms. The Labute approximate surface area is 241 Å². The summed E-state index contributed by atoms with van der Waals surface area (Å²) in [5, 5.41) is 112. The SMILES string of the molecule is O=c1cc(-c2ccc(O)c(O[C@@H]3OC(CO)[C@@H](O)C(O)C3O)c2)oc2c([C@@H]3OC(CO)[C@@H](O)[C@H](O)C3O)c(O)cc(O)c12. The van der Waals surface area contributed by atoms with E-state index in [2.05, 4.69) is 0 Å². The van der Waals surface area contributed by atoms with Crippen molar-refractivity contribution < 1.29 is 74.8 Å². The largest absolute Gasteiger partial charge is 0.507 e. The van der Waals surface area contributed by atoms with E-state index in [1.165, 1.54) is 6.07 Å². The molecule has 3 heterocycles. The lowest BCUT2D eigenvalue weighted by atomic mass is 9.89. The Morgan fingerprint density at radius 3 is 1.98 bits per heavy atom. The molecule has 2 saturated heterocycles. The van der Waals surface area contributed by atoms with Crippen molar-refractivity contribution in [2.24, 2.45) is 0 Å². The highest BCUT2D eigenvalue weighted by Crippen LogP contribution is 2.44. The van der Waals surface area contributed by atoms with Crippen molar-refractivity contribution in [1.82, 2.24) is 0 Å². The van der Waals surface area contributed by atoms with E-state index in [0.29, 0.717) is 0 Å². The molecule has 11 N–H and O–H groups in total. The van der Waals surface area contributed by atoms with Crippen LogP contribution in [0.5, 0.6) is 23.0 Å². The maximum atomic E-state index is 13.2. The van der Waals surface area contributed by atoms with Crippen molar-refractivity contribution in [1.29, 1.82) is 0 Å². The Kier molecular flexibility index (Phi) is 8.52. The van der Waals surface area contributed by atoms with Gasteiger partial charge in [0.15, 0.2) is 22.5 Å². The van der Waals surface area contributed by atoms with Crippen LogP contribution >= 0.6 is 0 Å². The Balaban J connectivity index is 1.58. The number of hydrogen-bond donors (Lipinski definition) is 11. The van der Waals surface area contributed by atoms with E-state index in [9.17, 15) is 61.0 Å². The van der Waals surface area contributed by atoms with Gasteiger partial charge in [-0.3, -0.25) is 4.79 Å². The fraction of sp³-hybridized carbons (Fsp3) is 0.444. The first kappa shape index (κ1) is 30.9. The van der Waals surface area contributed by atoms with Crippen LogP contribution < -0.4 is 10.2 Å². The van der Waals surface area contributed by atoms with Gasteiger partial charge in [-0.2, -0.15) is 0 Å². The van der Waals surface area contributed by atoms with E-state index in [1.807, 2.05) is 0 Å². The molecule has 16 heteroatoms. The van der Waals surface area contributed by atoms with Gasteiger partial charge in [-0.25, -0.2) is 0 Å². The van der Waals surface area contributed by atoms with Crippen LogP contribution in [0.15, 0.2) is 39.5 Å². The number of benzene rings is 2. The first-order valence-corrected chi connectivity index (χ1v) is 13.0. The minimum absolute atomic E-state index is 0.0546. The summed E-state index contributed by atoms with van der Waals surface area (Å²) >= 11 is 0. The summed E-state index contributed by atoms with van der Waals surface area (Å²) < 4.78 is 22.2. The number of phenols is 3. The summed E-state index contributed by atoms with van der Waals surface area (Å²) in [5.41, 5.74) is -1.64. The lowest BCUT2D eigenvalue weighted by Crippen LogP contribution is -2.60. The lowest BCUT2D eigenvalue weighted by molar-refractivity contribution is -0.277. The van der Waals surface area contributed by atoms with Crippen LogP contribution in [-0.4, -0.2) is 125 Å². The molecule has 0 saturated carbocycles. The molecule has 10 atom stereocenters. The maximum absolute atomic E-state index is 13.2. The minimum Gasteiger partial charge on any atom is -0.507 e. The van der Waals surface area contributed by atoms with Crippen LogP contribution in [0.4, 0.5) is 0 Å². The zero-order valence-corrected chi connectivity index (χ0v) is 22.0. The first-order valence-electron chi connectivity index (χ1n) is 13.0. The Hall–Kier alpha value is -3.55. The number of aliphatic hydroxyl groups is 8. The molecule has 2 aliphatic rings. The van der Waals surface area contributed by atoms with E-state index < -0.39 is 108 Å². The molecule has 43 heavy (non-hydrogen) atoms. The van der Waals surface area contributed by atoms with Gasteiger partial charge in [-0.15, -0.1) is 0 Å². The molecule has 16 nitrogen and oxygen atoms in total. The summed E-state index contributed by atoms with van der Waals surface area (Å²) in [7, 11) is 0. The van der Waals surface area contributed by atoms with Crippen LogP contribution in [0.1, 0.15) is 11.7 Å². The maximum Gasteiger partial charge on any atom is 0.229 e. The number of rotatable bonds is 6. The number of aromatic hydroxyl groups is 3. The van der Waals surface area contributed by atoms with Gasteiger partial charge in [-0.05, 0) is 18.2 Å². The molecule has 2 fully saturated rings. The summed E-state index contributed by atoms with van der Waals surface area (Å²) in [6.07, 6.45) is -16.6. The van der Waals surface area contributed by atoms with E-state index in [1.54, 1.807) is 0 Å². The average Bonchev–Trinajstić information content (AvgIpc) is 2.97. The second-order valence-corrected chi connectivity index (χ2v) is 10.3. The van der Waals surface area contributed by atoms with E-state index >= 15 is 0 Å². The third-order valence-corrected chi connectivity index (χ3v) is 7.51. The predicted octanol–water partition coefficient (Wildman–Crippen LogP) is -2.73. The second-order valence-electron chi connectivity index (χ2n) is 10.3. The van der Waals surface area contributed by atoms with Gasteiger partial charge in [-0.1, -0.05) is 0 Å². The highest BCUT2D eigenvalue weighted by molar-refractivity contribution is 5.89. The number of phenolic OH excluding ortho intramolecular Hbond substituents is 3. The van der Waals surface area contributed by atoms with E-state index in [4.69, 9.17) is 18.6 Å². The lowest BCUT2D eigenvalue weighted by Gasteiger charge is -2.40. The van der Waals surface area contributed by atoms with E-state index in [0.717, 1.165) is 24.3 Å². The van der Waals surface area contributed by atoms with Gasteiger partial charge >= 0.3 is 0 Å². The molecule has 0 aliphatic carbocycles. The van der Waals surface area contributed by atoms with Crippen LogP contribution in [0.2, 0.25) is 0 Å². The molecule has 0 spiro atoms. The Morgan fingerprint density at radius 2 is 1.33 bits per heavy atom. The van der Waals surface area contributed by atoms with Crippen LogP contribution in [0.25, 0.3) is 22.3 Å². The zero-order valence-electron chi connectivity index (χ0n) is 22.0. The third kappa shape index (κ3) is 5.38. The van der Waals surface area contributed by atoms with Crippen LogP contribution in [0, 0.1) is 0 Å². The zero-order chi connectivity index (χ0) is 31.3. The number of hydrogen-bond acceptors (Lipinski definition) is 16. The molecular formula is C27H30O16. The molecule has 1 aromatic heterocycles. The summed E-state index contributed by atoms with van der Waals surface area (Å²) in [4.78, 5) is 13.2. The molecule has 3 aromatic rings. The van der Waals surface area contributed by atoms with E-state index in [-0.39, 0.29) is 22.6 Å². The van der Waals surface area contributed by atoms with Crippen molar-refractivity contribution in [2.45, 2.75) is 61.2 Å². The van der Waals surface area contributed by atoms with Crippen molar-refractivity contribution in [3.63, 3.8) is 0 Å². The van der Waals surface area contributed by atoms with Crippen LogP contribution in [0.3, 0.4) is 0 Å². The van der Waals surface area contributed by atoms with Gasteiger partial charge in [0.05, 0.1) is 18.8 Å². The molecule has 2 aromatic carbocycles. The Bertz CT molecular complexity index is 1540. The molecule has 234 valence electrons. The van der Waals surface area contributed by atoms with Crippen molar-refractivity contribution >= 4 is 11.0 Å². The van der Waals surface area contributed by atoms with Gasteiger partial charge in [0, 0.05) is 17.7 Å². The summed E-state index contributed by atoms with van der Waals surface area (Å²) in [5.74, 6) is -2.48. The first-order chi connectivity index (χ1) is 20.4. The third-order valence-electron chi connectivity index (χ3n) is 7.51. The summed E-state index contributed by atoms with van der Waals surface area (Å²) in [6.45, 7) is -1.51. The Morgan fingerprint density at radius 1 is 0.698 bits per heavy atom. The molecular weight excluding hydrogens is 580 g/mol. The standard InChI is InChI=1S/C27H30O16/c28-6-15-19(34)21(36)23(38)26(41-15)18-11(32)4-10(31)17-12(33)5-13(40-25(17)18)8-1-2-9(30)14(3-8)42-27-24(39)22(37)20(35)16(7-29)43-27/h1-5,15-16,19-24,26-32,34-39H,6-7H2/t15?,16?,19-,20-,21+,22?,23?,24?,26+,27-/m1/s1. The molecule has 5 unspecified atom stereocenters. The smallest absolute Gasteiger partial charge is 0.229 e. The molecule has 0 amide bonds. The van der Waals surface area contributed by atoms with Gasteiger partial charge in [0.1, 0.15) is 77.6 Å². The highest BCUT2D eigenvalue weighted by atomic mass is 16.7. The minimum atomic E-state index is -1.88. The number of ether oxygens (including phenoxy) is 3. The second kappa shape index (κ2) is 11.9. The van der Waals surface area contributed by atoms with Crippen molar-refractivity contribution in [3.8, 4) is 34.3 Å². The normalized spacial score (nSPS) is 33.0. The fourth-order valence-corrected chi connectivity index (χ4v) is 5.13. The van der Waals surface area contributed by atoms with Crippen molar-refractivity contribution in [2.75, 3.05) is 13.2 Å². The molecule has 0 radical (unpaired) electrons. The highest BCUT2D eigenvalue weighted by Gasteiger charge is 2.47. The van der Waals surface area contributed by atoms with Gasteiger partial charge in [0.25, 0.3) is 0 Å². The van der Waals surface area contributed by atoms with Gasteiger partial charge in [0.2, 0.25) is 6.29 Å². The monoisotopic (exact) mass is 610 g/mol. The van der Waals surface area contributed by atoms with Crippen molar-refractivity contribution in [3.05, 3.63) is 46.1 Å². The summed E-state index contributed by atoms with van der Waals surface area (Å²) in [6, 6.07) is 5.31. The fourth-order valence-electron chi connectivity index (χ4n) is 5.13. The molecule has 5 rings (SSSR count). The predicted molar refractivity (Wildman–Crippen MR) is 140 cm³/mol. The van der Waals surface area contributed by atoms with Gasteiger partial charge < -0.3 is 74.8 Å². The average molecular weight is 611 g/mol. The quantitative estimate of drug-likeness (QED) is 0.135.